The van der Waals surface area contributed by atoms with Crippen LogP contribution in [0, 0.1) is 6.92 Å². The first-order chi connectivity index (χ1) is 9.15. The molecule has 0 atom stereocenters. The van der Waals surface area contributed by atoms with E-state index in [9.17, 15) is 0 Å². The summed E-state index contributed by atoms with van der Waals surface area (Å²) in [6.45, 7) is 6.78. The Labute approximate surface area is 113 Å². The Morgan fingerprint density at radius 2 is 2.05 bits per heavy atom. The molecule has 0 saturated heterocycles. The molecule has 0 saturated carbocycles. The van der Waals surface area contributed by atoms with Crippen molar-refractivity contribution in [3.8, 4) is 11.6 Å². The van der Waals surface area contributed by atoms with Crippen LogP contribution >= 0.6 is 0 Å². The Morgan fingerprint density at radius 3 is 2.68 bits per heavy atom. The topological polar surface area (TPSA) is 59.9 Å². The van der Waals surface area contributed by atoms with Crippen LogP contribution in [-0.2, 0) is 6.54 Å². The second kappa shape index (κ2) is 6.24. The molecule has 2 aromatic heterocycles. The smallest absolute Gasteiger partial charge is 0.238 e. The summed E-state index contributed by atoms with van der Waals surface area (Å²) in [7, 11) is 0. The number of aromatic nitrogens is 3. The minimum atomic E-state index is 0.427. The maximum atomic E-state index is 5.63. The molecule has 0 amide bonds. The highest BCUT2D eigenvalue weighted by atomic mass is 16.5. The van der Waals surface area contributed by atoms with Crippen molar-refractivity contribution in [1.29, 1.82) is 0 Å². The highest BCUT2D eigenvalue weighted by Gasteiger charge is 2.04. The molecule has 5 heteroatoms. The van der Waals surface area contributed by atoms with Gasteiger partial charge < -0.3 is 10.1 Å². The van der Waals surface area contributed by atoms with Crippen LogP contribution in [0.1, 0.15) is 25.2 Å². The van der Waals surface area contributed by atoms with E-state index in [-0.39, 0.29) is 0 Å². The van der Waals surface area contributed by atoms with E-state index < -0.39 is 0 Å². The van der Waals surface area contributed by atoms with Gasteiger partial charge in [0, 0.05) is 24.8 Å². The van der Waals surface area contributed by atoms with Crippen molar-refractivity contribution < 1.29 is 4.74 Å². The van der Waals surface area contributed by atoms with Crippen molar-refractivity contribution in [3.05, 3.63) is 41.9 Å². The van der Waals surface area contributed by atoms with Crippen LogP contribution in [0.2, 0.25) is 0 Å². The molecule has 0 aromatic carbocycles. The van der Waals surface area contributed by atoms with Gasteiger partial charge in [0.25, 0.3) is 0 Å². The number of pyridine rings is 1. The van der Waals surface area contributed by atoms with Gasteiger partial charge in [-0.05, 0) is 25.1 Å². The molecular formula is C14H18N4O. The SMILES string of the molecule is Cc1ncccc1Oc1ccc(CNC(C)C)nn1. The van der Waals surface area contributed by atoms with Gasteiger partial charge in [-0.15, -0.1) is 5.10 Å². The van der Waals surface area contributed by atoms with E-state index in [0.29, 0.717) is 24.2 Å². The molecule has 0 radical (unpaired) electrons. The fourth-order valence-corrected chi connectivity index (χ4v) is 1.50. The summed E-state index contributed by atoms with van der Waals surface area (Å²) in [4.78, 5) is 4.16. The molecule has 0 spiro atoms. The van der Waals surface area contributed by atoms with E-state index in [4.69, 9.17) is 4.74 Å². The first-order valence-corrected chi connectivity index (χ1v) is 6.30. The zero-order chi connectivity index (χ0) is 13.7. The lowest BCUT2D eigenvalue weighted by Gasteiger charge is -2.08. The number of nitrogens with one attached hydrogen (secondary N) is 1. The molecule has 2 rings (SSSR count). The molecule has 1 N–H and O–H groups in total. The Balaban J connectivity index is 2.01. The average molecular weight is 258 g/mol. The van der Waals surface area contributed by atoms with Gasteiger partial charge in [-0.2, -0.15) is 5.10 Å². The molecule has 5 nitrogen and oxygen atoms in total. The quantitative estimate of drug-likeness (QED) is 0.892. The molecule has 0 fully saturated rings. The van der Waals surface area contributed by atoms with E-state index in [1.165, 1.54) is 0 Å². The van der Waals surface area contributed by atoms with Crippen molar-refractivity contribution in [2.75, 3.05) is 0 Å². The lowest BCUT2D eigenvalue weighted by atomic mass is 10.3. The number of hydrogen-bond donors (Lipinski definition) is 1. The third-order valence-electron chi connectivity index (χ3n) is 2.56. The van der Waals surface area contributed by atoms with Gasteiger partial charge in [0.2, 0.25) is 5.88 Å². The van der Waals surface area contributed by atoms with Crippen molar-refractivity contribution in [1.82, 2.24) is 20.5 Å². The number of hydrogen-bond acceptors (Lipinski definition) is 5. The van der Waals surface area contributed by atoms with Gasteiger partial charge in [-0.25, -0.2) is 0 Å². The van der Waals surface area contributed by atoms with Crippen LogP contribution in [0.5, 0.6) is 11.6 Å². The fourth-order valence-electron chi connectivity index (χ4n) is 1.50. The summed E-state index contributed by atoms with van der Waals surface area (Å²) in [6, 6.07) is 7.84. The standard InChI is InChI=1S/C14H18N4O/c1-10(2)16-9-12-6-7-14(18-17-12)19-13-5-4-8-15-11(13)3/h4-8,10,16H,9H2,1-3H3. The van der Waals surface area contributed by atoms with Gasteiger partial charge in [-0.3, -0.25) is 4.98 Å². The van der Waals surface area contributed by atoms with Crippen LogP contribution in [-0.4, -0.2) is 21.2 Å². The first kappa shape index (κ1) is 13.4. The predicted molar refractivity (Wildman–Crippen MR) is 73.1 cm³/mol. The van der Waals surface area contributed by atoms with Crippen LogP contribution in [0.25, 0.3) is 0 Å². The lowest BCUT2D eigenvalue weighted by Crippen LogP contribution is -2.22. The predicted octanol–water partition coefficient (Wildman–Crippen LogP) is 2.47. The molecule has 2 aromatic rings. The van der Waals surface area contributed by atoms with E-state index in [1.807, 2.05) is 31.2 Å². The van der Waals surface area contributed by atoms with Crippen LogP contribution < -0.4 is 10.1 Å². The van der Waals surface area contributed by atoms with Crippen molar-refractivity contribution >= 4 is 0 Å². The highest BCUT2D eigenvalue weighted by Crippen LogP contribution is 2.20. The maximum absolute atomic E-state index is 5.63. The minimum absolute atomic E-state index is 0.427. The van der Waals surface area contributed by atoms with E-state index in [0.717, 1.165) is 11.4 Å². The molecule has 0 bridgehead atoms. The monoisotopic (exact) mass is 258 g/mol. The molecule has 0 unspecified atom stereocenters. The summed E-state index contributed by atoms with van der Waals surface area (Å²) >= 11 is 0. The molecule has 100 valence electrons. The third-order valence-corrected chi connectivity index (χ3v) is 2.56. The van der Waals surface area contributed by atoms with Crippen LogP contribution in [0.15, 0.2) is 30.5 Å². The molecule has 19 heavy (non-hydrogen) atoms. The Bertz CT molecular complexity index is 525. The zero-order valence-electron chi connectivity index (χ0n) is 11.4. The summed E-state index contributed by atoms with van der Waals surface area (Å²) in [5.74, 6) is 1.18. The first-order valence-electron chi connectivity index (χ1n) is 6.30. The van der Waals surface area contributed by atoms with Gasteiger partial charge in [0.15, 0.2) is 5.75 Å². The normalized spacial score (nSPS) is 10.7. The van der Waals surface area contributed by atoms with Crippen LogP contribution in [0.3, 0.4) is 0 Å². The van der Waals surface area contributed by atoms with Gasteiger partial charge in [0.05, 0.1) is 11.4 Å². The zero-order valence-corrected chi connectivity index (χ0v) is 11.4. The van der Waals surface area contributed by atoms with E-state index in [2.05, 4.69) is 34.3 Å². The van der Waals surface area contributed by atoms with E-state index >= 15 is 0 Å². The van der Waals surface area contributed by atoms with Gasteiger partial charge in [-0.1, -0.05) is 13.8 Å². The molecule has 0 aliphatic carbocycles. The molecular weight excluding hydrogens is 240 g/mol. The van der Waals surface area contributed by atoms with Gasteiger partial charge >= 0.3 is 0 Å². The second-order valence-corrected chi connectivity index (χ2v) is 4.59. The number of ether oxygens (including phenoxy) is 1. The summed E-state index contributed by atoms with van der Waals surface area (Å²) in [6.07, 6.45) is 1.73. The largest absolute Gasteiger partial charge is 0.436 e. The Hall–Kier alpha value is -2.01. The number of nitrogens with zero attached hydrogens (tertiary/aromatic N) is 3. The summed E-state index contributed by atoms with van der Waals surface area (Å²) < 4.78 is 5.63. The lowest BCUT2D eigenvalue weighted by molar-refractivity contribution is 0.446. The number of aryl methyl sites for hydroxylation is 1. The maximum Gasteiger partial charge on any atom is 0.238 e. The highest BCUT2D eigenvalue weighted by molar-refractivity contribution is 5.29. The molecule has 0 aliphatic rings. The fraction of sp³-hybridized carbons (Fsp3) is 0.357. The summed E-state index contributed by atoms with van der Waals surface area (Å²) in [5.41, 5.74) is 1.72. The van der Waals surface area contributed by atoms with Crippen LogP contribution in [0.4, 0.5) is 0 Å². The average Bonchev–Trinajstić information content (AvgIpc) is 2.40. The third kappa shape index (κ3) is 3.99. The minimum Gasteiger partial charge on any atom is -0.436 e. The van der Waals surface area contributed by atoms with Crippen molar-refractivity contribution in [2.45, 2.75) is 33.4 Å². The Morgan fingerprint density at radius 1 is 1.21 bits per heavy atom. The molecule has 2 heterocycles. The number of rotatable bonds is 5. The summed E-state index contributed by atoms with van der Waals surface area (Å²) in [5, 5.41) is 11.5. The van der Waals surface area contributed by atoms with Gasteiger partial charge in [0.1, 0.15) is 0 Å². The van der Waals surface area contributed by atoms with Crippen molar-refractivity contribution in [3.63, 3.8) is 0 Å². The van der Waals surface area contributed by atoms with E-state index in [1.54, 1.807) is 6.20 Å². The molecule has 0 aliphatic heterocycles. The van der Waals surface area contributed by atoms with Crippen molar-refractivity contribution in [2.24, 2.45) is 0 Å². The Kier molecular flexibility index (Phi) is 4.41. The second-order valence-electron chi connectivity index (χ2n) is 4.59.